The Morgan fingerprint density at radius 1 is 1.56 bits per heavy atom. The lowest BCUT2D eigenvalue weighted by Gasteiger charge is -2.38. The number of ether oxygens (including phenoxy) is 1. The second kappa shape index (κ2) is 4.61. The fourth-order valence-electron chi connectivity index (χ4n) is 1.57. The van der Waals surface area contributed by atoms with Crippen molar-refractivity contribution in [2.45, 2.75) is 6.10 Å². The van der Waals surface area contributed by atoms with Gasteiger partial charge in [0, 0.05) is 12.1 Å². The van der Waals surface area contributed by atoms with Crippen molar-refractivity contribution in [1.82, 2.24) is 10.2 Å². The molecule has 0 bridgehead atoms. The molecule has 16 heavy (non-hydrogen) atoms. The molecule has 0 radical (unpaired) electrons. The largest absolute Gasteiger partial charge is 0.487 e. The number of urea groups is 1. The zero-order valence-electron chi connectivity index (χ0n) is 8.94. The third kappa shape index (κ3) is 2.39. The molecule has 0 aromatic heterocycles. The van der Waals surface area contributed by atoms with E-state index in [9.17, 15) is 4.79 Å². The molecule has 1 N–H and O–H groups in total. The lowest BCUT2D eigenvalue weighted by molar-refractivity contribution is 0.0451. The number of nitrogens with one attached hydrogen (secondary N) is 1. The van der Waals surface area contributed by atoms with E-state index in [0.717, 1.165) is 5.75 Å². The molecule has 2 amide bonds. The van der Waals surface area contributed by atoms with Crippen LogP contribution in [0.5, 0.6) is 5.75 Å². The Hall–Kier alpha value is -1.42. The fourth-order valence-corrected chi connectivity index (χ4v) is 1.75. The van der Waals surface area contributed by atoms with E-state index in [-0.39, 0.29) is 12.1 Å². The SMILES string of the molecule is CNC(=O)N1CC(Oc2cccc(Cl)c2)C1. The number of amides is 2. The second-order valence-electron chi connectivity index (χ2n) is 3.66. The van der Waals surface area contributed by atoms with Gasteiger partial charge in [-0.25, -0.2) is 4.79 Å². The molecule has 1 saturated heterocycles. The van der Waals surface area contributed by atoms with Crippen LogP contribution in [-0.4, -0.2) is 37.2 Å². The molecule has 86 valence electrons. The van der Waals surface area contributed by atoms with Gasteiger partial charge in [0.1, 0.15) is 11.9 Å². The average molecular weight is 241 g/mol. The first kappa shape index (κ1) is 11.1. The van der Waals surface area contributed by atoms with Crippen molar-refractivity contribution in [3.8, 4) is 5.75 Å². The van der Waals surface area contributed by atoms with Crippen molar-refractivity contribution < 1.29 is 9.53 Å². The van der Waals surface area contributed by atoms with Crippen LogP contribution in [0, 0.1) is 0 Å². The Balaban J connectivity index is 1.84. The smallest absolute Gasteiger partial charge is 0.317 e. The molecule has 1 fully saturated rings. The molecule has 0 saturated carbocycles. The molecule has 1 aromatic rings. The number of halogens is 1. The summed E-state index contributed by atoms with van der Waals surface area (Å²) < 4.78 is 5.65. The van der Waals surface area contributed by atoms with Crippen LogP contribution >= 0.6 is 11.6 Å². The van der Waals surface area contributed by atoms with Crippen molar-refractivity contribution in [3.63, 3.8) is 0 Å². The van der Waals surface area contributed by atoms with Crippen LogP contribution in [-0.2, 0) is 0 Å². The topological polar surface area (TPSA) is 41.6 Å². The van der Waals surface area contributed by atoms with Crippen molar-refractivity contribution in [2.24, 2.45) is 0 Å². The summed E-state index contributed by atoms with van der Waals surface area (Å²) in [4.78, 5) is 12.9. The lowest BCUT2D eigenvalue weighted by Crippen LogP contribution is -2.58. The quantitative estimate of drug-likeness (QED) is 0.856. The fraction of sp³-hybridized carbons (Fsp3) is 0.364. The van der Waals surface area contributed by atoms with E-state index in [4.69, 9.17) is 16.3 Å². The number of hydrogen-bond acceptors (Lipinski definition) is 2. The summed E-state index contributed by atoms with van der Waals surface area (Å²) in [7, 11) is 1.62. The van der Waals surface area contributed by atoms with Crippen LogP contribution in [0.3, 0.4) is 0 Å². The van der Waals surface area contributed by atoms with E-state index < -0.39 is 0 Å². The maximum atomic E-state index is 11.2. The molecular weight excluding hydrogens is 228 g/mol. The van der Waals surface area contributed by atoms with Crippen LogP contribution in [0.15, 0.2) is 24.3 Å². The minimum atomic E-state index is -0.0639. The monoisotopic (exact) mass is 240 g/mol. The molecule has 1 aliphatic rings. The number of hydrogen-bond donors (Lipinski definition) is 1. The molecule has 5 heteroatoms. The highest BCUT2D eigenvalue weighted by Crippen LogP contribution is 2.21. The number of benzene rings is 1. The van der Waals surface area contributed by atoms with Gasteiger partial charge in [-0.1, -0.05) is 17.7 Å². The van der Waals surface area contributed by atoms with Gasteiger partial charge in [-0.05, 0) is 18.2 Å². The molecule has 2 rings (SSSR count). The van der Waals surface area contributed by atoms with E-state index in [0.29, 0.717) is 18.1 Å². The van der Waals surface area contributed by atoms with E-state index >= 15 is 0 Å². The summed E-state index contributed by atoms with van der Waals surface area (Å²) in [6.07, 6.45) is 0.0655. The lowest BCUT2D eigenvalue weighted by atomic mass is 10.2. The normalized spacial score (nSPS) is 15.5. The predicted molar refractivity (Wildman–Crippen MR) is 61.9 cm³/mol. The van der Waals surface area contributed by atoms with Crippen molar-refractivity contribution in [3.05, 3.63) is 29.3 Å². The van der Waals surface area contributed by atoms with Gasteiger partial charge >= 0.3 is 6.03 Å². The summed E-state index contributed by atoms with van der Waals surface area (Å²) in [5, 5.41) is 3.22. The maximum absolute atomic E-state index is 11.2. The Labute approximate surface area is 99.1 Å². The van der Waals surface area contributed by atoms with Gasteiger partial charge in [-0.3, -0.25) is 0 Å². The van der Waals surface area contributed by atoms with Gasteiger partial charge in [-0.15, -0.1) is 0 Å². The number of carbonyl (C=O) groups excluding carboxylic acids is 1. The standard InChI is InChI=1S/C11H13ClN2O2/c1-13-11(15)14-6-10(7-14)16-9-4-2-3-8(12)5-9/h2-5,10H,6-7H2,1H3,(H,13,15). The van der Waals surface area contributed by atoms with E-state index in [2.05, 4.69) is 5.32 Å². The van der Waals surface area contributed by atoms with Crippen LogP contribution in [0.1, 0.15) is 0 Å². The third-order valence-corrected chi connectivity index (χ3v) is 2.68. The van der Waals surface area contributed by atoms with Crippen molar-refractivity contribution >= 4 is 17.6 Å². The highest BCUT2D eigenvalue weighted by Gasteiger charge is 2.31. The van der Waals surface area contributed by atoms with Gasteiger partial charge in [0.05, 0.1) is 13.1 Å². The minimum Gasteiger partial charge on any atom is -0.487 e. The Kier molecular flexibility index (Phi) is 3.19. The van der Waals surface area contributed by atoms with Crippen LogP contribution in [0.25, 0.3) is 0 Å². The highest BCUT2D eigenvalue weighted by atomic mass is 35.5. The number of likely N-dealkylation sites (tertiary alicyclic amines) is 1. The first-order chi connectivity index (χ1) is 7.69. The van der Waals surface area contributed by atoms with Crippen molar-refractivity contribution in [2.75, 3.05) is 20.1 Å². The van der Waals surface area contributed by atoms with E-state index in [1.54, 1.807) is 24.1 Å². The van der Waals surface area contributed by atoms with Crippen LogP contribution in [0.2, 0.25) is 5.02 Å². The maximum Gasteiger partial charge on any atom is 0.317 e. The van der Waals surface area contributed by atoms with E-state index in [1.165, 1.54) is 0 Å². The molecule has 1 aliphatic heterocycles. The van der Waals surface area contributed by atoms with Gasteiger partial charge in [0.15, 0.2) is 0 Å². The molecule has 0 unspecified atom stereocenters. The van der Waals surface area contributed by atoms with Gasteiger partial charge < -0.3 is 15.0 Å². The second-order valence-corrected chi connectivity index (χ2v) is 4.09. The van der Waals surface area contributed by atoms with Crippen LogP contribution in [0.4, 0.5) is 4.79 Å². The molecule has 4 nitrogen and oxygen atoms in total. The van der Waals surface area contributed by atoms with Crippen LogP contribution < -0.4 is 10.1 Å². The highest BCUT2D eigenvalue weighted by molar-refractivity contribution is 6.30. The Bertz CT molecular complexity index is 391. The molecule has 0 spiro atoms. The van der Waals surface area contributed by atoms with Gasteiger partial charge in [0.25, 0.3) is 0 Å². The zero-order chi connectivity index (χ0) is 11.5. The molecular formula is C11H13ClN2O2. The molecule has 1 aromatic carbocycles. The summed E-state index contributed by atoms with van der Waals surface area (Å²) >= 11 is 5.84. The average Bonchev–Trinajstić information content (AvgIpc) is 2.22. The summed E-state index contributed by atoms with van der Waals surface area (Å²) in [5.41, 5.74) is 0. The van der Waals surface area contributed by atoms with Gasteiger partial charge in [-0.2, -0.15) is 0 Å². The Morgan fingerprint density at radius 3 is 2.94 bits per heavy atom. The summed E-state index contributed by atoms with van der Waals surface area (Å²) in [6, 6.07) is 7.20. The number of carbonyl (C=O) groups is 1. The summed E-state index contributed by atoms with van der Waals surface area (Å²) in [6.45, 7) is 1.23. The zero-order valence-corrected chi connectivity index (χ0v) is 9.70. The number of nitrogens with zero attached hydrogens (tertiary/aromatic N) is 1. The molecule has 0 aliphatic carbocycles. The first-order valence-electron chi connectivity index (χ1n) is 5.08. The summed E-state index contributed by atoms with van der Waals surface area (Å²) in [5.74, 6) is 0.744. The molecule has 0 atom stereocenters. The third-order valence-electron chi connectivity index (χ3n) is 2.45. The van der Waals surface area contributed by atoms with Crippen molar-refractivity contribution in [1.29, 1.82) is 0 Å². The Morgan fingerprint density at radius 2 is 2.31 bits per heavy atom. The molecule has 1 heterocycles. The minimum absolute atomic E-state index is 0.0639. The predicted octanol–water partition coefficient (Wildman–Crippen LogP) is 1.74. The first-order valence-corrected chi connectivity index (χ1v) is 5.45. The van der Waals surface area contributed by atoms with Gasteiger partial charge in [0.2, 0.25) is 0 Å². The van der Waals surface area contributed by atoms with E-state index in [1.807, 2.05) is 12.1 Å². The number of rotatable bonds is 2.